The molecule has 29 heavy (non-hydrogen) atoms. The Bertz CT molecular complexity index is 937. The van der Waals surface area contributed by atoms with Crippen LogP contribution in [0.3, 0.4) is 0 Å². The van der Waals surface area contributed by atoms with Crippen LogP contribution in [-0.4, -0.2) is 56.0 Å². The van der Waals surface area contributed by atoms with Gasteiger partial charge in [-0.1, -0.05) is 18.2 Å². The third-order valence-electron chi connectivity index (χ3n) is 5.33. The lowest BCUT2D eigenvalue weighted by Crippen LogP contribution is -2.37. The summed E-state index contributed by atoms with van der Waals surface area (Å²) in [6, 6.07) is 12.4. The number of amides is 3. The summed E-state index contributed by atoms with van der Waals surface area (Å²) >= 11 is 0. The molecule has 2 aromatic carbocycles. The summed E-state index contributed by atoms with van der Waals surface area (Å²) < 4.78 is 5.19. The van der Waals surface area contributed by atoms with Gasteiger partial charge in [0, 0.05) is 31.6 Å². The van der Waals surface area contributed by atoms with Gasteiger partial charge in [-0.15, -0.1) is 0 Å². The number of hydrogen-bond acceptors (Lipinski definition) is 5. The van der Waals surface area contributed by atoms with Crippen molar-refractivity contribution in [3.05, 3.63) is 59.2 Å². The molecule has 0 saturated heterocycles. The van der Waals surface area contributed by atoms with E-state index in [4.69, 9.17) is 4.74 Å². The first-order chi connectivity index (χ1) is 14.1. The van der Waals surface area contributed by atoms with E-state index in [0.717, 1.165) is 36.5 Å². The number of benzene rings is 2. The Morgan fingerprint density at radius 3 is 2.52 bits per heavy atom. The van der Waals surface area contributed by atoms with Crippen LogP contribution >= 0.6 is 0 Å². The lowest BCUT2D eigenvalue weighted by Gasteiger charge is -2.31. The van der Waals surface area contributed by atoms with Gasteiger partial charge in [0.05, 0.1) is 17.7 Å². The normalized spacial score (nSPS) is 15.3. The second-order valence-electron chi connectivity index (χ2n) is 7.22. The van der Waals surface area contributed by atoms with E-state index in [-0.39, 0.29) is 6.54 Å². The molecule has 0 spiro atoms. The topological polar surface area (TPSA) is 79.0 Å². The zero-order chi connectivity index (χ0) is 20.4. The average molecular weight is 393 g/mol. The van der Waals surface area contributed by atoms with Gasteiger partial charge in [-0.05, 0) is 42.7 Å². The second kappa shape index (κ2) is 8.05. The van der Waals surface area contributed by atoms with Gasteiger partial charge in [-0.2, -0.15) is 0 Å². The highest BCUT2D eigenvalue weighted by Crippen LogP contribution is 2.30. The van der Waals surface area contributed by atoms with Crippen molar-refractivity contribution in [2.75, 3.05) is 43.6 Å². The smallest absolute Gasteiger partial charge is 0.262 e. The van der Waals surface area contributed by atoms with E-state index in [1.54, 1.807) is 31.4 Å². The summed E-state index contributed by atoms with van der Waals surface area (Å²) in [7, 11) is 1.68. The highest BCUT2D eigenvalue weighted by Gasteiger charge is 2.36. The van der Waals surface area contributed by atoms with Crippen LogP contribution < -0.4 is 10.2 Å². The molecule has 0 saturated carbocycles. The third-order valence-corrected chi connectivity index (χ3v) is 5.33. The van der Waals surface area contributed by atoms with Gasteiger partial charge < -0.3 is 15.0 Å². The Labute approximate surface area is 169 Å². The highest BCUT2D eigenvalue weighted by molar-refractivity contribution is 6.22. The van der Waals surface area contributed by atoms with Crippen LogP contribution in [0.5, 0.6) is 0 Å². The molecule has 0 atom stereocenters. The fraction of sp³-hybridized carbons (Fsp3) is 0.318. The first-order valence-corrected chi connectivity index (χ1v) is 9.70. The molecule has 1 N–H and O–H groups in total. The second-order valence-corrected chi connectivity index (χ2v) is 7.22. The summed E-state index contributed by atoms with van der Waals surface area (Å²) in [5.41, 5.74) is 3.66. The number of nitrogens with one attached hydrogen (secondary N) is 1. The SMILES string of the molecule is COCCN1CCCc2ccc(NC(=O)CN3C(=O)c4ccccc4C3=O)cc21. The lowest BCUT2D eigenvalue weighted by molar-refractivity contribution is -0.116. The number of imide groups is 1. The summed E-state index contributed by atoms with van der Waals surface area (Å²) in [6.07, 6.45) is 2.09. The number of nitrogens with zero attached hydrogens (tertiary/aromatic N) is 2. The Morgan fingerprint density at radius 1 is 1.10 bits per heavy atom. The molecule has 2 heterocycles. The molecule has 0 aliphatic carbocycles. The minimum Gasteiger partial charge on any atom is -0.383 e. The Hall–Kier alpha value is -3.19. The first-order valence-electron chi connectivity index (χ1n) is 9.70. The summed E-state index contributed by atoms with van der Waals surface area (Å²) in [4.78, 5) is 40.7. The third kappa shape index (κ3) is 3.73. The van der Waals surface area contributed by atoms with Crippen molar-refractivity contribution in [1.82, 2.24) is 4.90 Å². The number of rotatable bonds is 6. The van der Waals surface area contributed by atoms with Crippen molar-refractivity contribution in [3.8, 4) is 0 Å². The molecular weight excluding hydrogens is 370 g/mol. The number of carbonyl (C=O) groups excluding carboxylic acids is 3. The fourth-order valence-electron chi connectivity index (χ4n) is 3.89. The number of methoxy groups -OCH3 is 1. The number of ether oxygens (including phenoxy) is 1. The van der Waals surface area contributed by atoms with Crippen LogP contribution in [0.2, 0.25) is 0 Å². The van der Waals surface area contributed by atoms with E-state index < -0.39 is 17.7 Å². The van der Waals surface area contributed by atoms with Crippen LogP contribution in [-0.2, 0) is 16.0 Å². The lowest BCUT2D eigenvalue weighted by atomic mass is 10.0. The number of anilines is 2. The molecular formula is C22H23N3O4. The largest absolute Gasteiger partial charge is 0.383 e. The monoisotopic (exact) mass is 393 g/mol. The molecule has 4 rings (SSSR count). The molecule has 0 radical (unpaired) electrons. The maximum Gasteiger partial charge on any atom is 0.262 e. The summed E-state index contributed by atoms with van der Waals surface area (Å²) in [6.45, 7) is 2.06. The minimum absolute atomic E-state index is 0.309. The molecule has 2 aromatic rings. The van der Waals surface area contributed by atoms with E-state index in [2.05, 4.69) is 10.2 Å². The zero-order valence-electron chi connectivity index (χ0n) is 16.3. The quantitative estimate of drug-likeness (QED) is 0.762. The van der Waals surface area contributed by atoms with Crippen LogP contribution in [0, 0.1) is 0 Å². The van der Waals surface area contributed by atoms with Crippen molar-refractivity contribution in [2.24, 2.45) is 0 Å². The first kappa shape index (κ1) is 19.1. The van der Waals surface area contributed by atoms with Gasteiger partial charge in [-0.25, -0.2) is 0 Å². The number of hydrogen-bond donors (Lipinski definition) is 1. The van der Waals surface area contributed by atoms with E-state index in [1.807, 2.05) is 18.2 Å². The minimum atomic E-state index is -0.433. The van der Waals surface area contributed by atoms with Crippen molar-refractivity contribution in [1.29, 1.82) is 0 Å². The molecule has 0 bridgehead atoms. The van der Waals surface area contributed by atoms with Gasteiger partial charge in [0.25, 0.3) is 11.8 Å². The molecule has 0 aromatic heterocycles. The predicted molar refractivity (Wildman–Crippen MR) is 109 cm³/mol. The number of fused-ring (bicyclic) bond motifs is 2. The maximum absolute atomic E-state index is 12.5. The van der Waals surface area contributed by atoms with Crippen LogP contribution in [0.1, 0.15) is 32.7 Å². The van der Waals surface area contributed by atoms with E-state index in [9.17, 15) is 14.4 Å². The molecule has 2 aliphatic rings. The summed E-state index contributed by atoms with van der Waals surface area (Å²) in [5, 5.41) is 2.82. The molecule has 2 aliphatic heterocycles. The van der Waals surface area contributed by atoms with Crippen molar-refractivity contribution >= 4 is 29.1 Å². The van der Waals surface area contributed by atoms with Gasteiger partial charge >= 0.3 is 0 Å². The van der Waals surface area contributed by atoms with E-state index in [1.165, 1.54) is 5.56 Å². The van der Waals surface area contributed by atoms with Crippen LogP contribution in [0.25, 0.3) is 0 Å². The summed E-state index contributed by atoms with van der Waals surface area (Å²) in [5.74, 6) is -1.27. The van der Waals surface area contributed by atoms with Gasteiger partial charge in [-0.3, -0.25) is 19.3 Å². The fourth-order valence-corrected chi connectivity index (χ4v) is 3.89. The van der Waals surface area contributed by atoms with E-state index in [0.29, 0.717) is 23.4 Å². The Balaban J connectivity index is 1.46. The predicted octanol–water partition coefficient (Wildman–Crippen LogP) is 2.32. The molecule has 0 unspecified atom stereocenters. The molecule has 7 heteroatoms. The molecule has 7 nitrogen and oxygen atoms in total. The Kier molecular flexibility index (Phi) is 5.31. The van der Waals surface area contributed by atoms with Gasteiger partial charge in [0.1, 0.15) is 6.54 Å². The number of aryl methyl sites for hydroxylation is 1. The Morgan fingerprint density at radius 2 is 1.83 bits per heavy atom. The van der Waals surface area contributed by atoms with Crippen LogP contribution in [0.4, 0.5) is 11.4 Å². The maximum atomic E-state index is 12.5. The zero-order valence-corrected chi connectivity index (χ0v) is 16.3. The molecule has 3 amide bonds. The van der Waals surface area contributed by atoms with Gasteiger partial charge in [0.15, 0.2) is 0 Å². The van der Waals surface area contributed by atoms with Gasteiger partial charge in [0.2, 0.25) is 5.91 Å². The highest BCUT2D eigenvalue weighted by atomic mass is 16.5. The standard InChI is InChI=1S/C22H23N3O4/c1-29-12-11-24-10-4-5-15-8-9-16(13-19(15)24)23-20(26)14-25-21(27)17-6-2-3-7-18(17)22(25)28/h2-3,6-9,13H,4-5,10-12,14H2,1H3,(H,23,26). The molecule has 0 fully saturated rings. The van der Waals surface area contributed by atoms with Crippen LogP contribution in [0.15, 0.2) is 42.5 Å². The van der Waals surface area contributed by atoms with Crippen molar-refractivity contribution in [3.63, 3.8) is 0 Å². The van der Waals surface area contributed by atoms with E-state index >= 15 is 0 Å². The van der Waals surface area contributed by atoms with Crippen molar-refractivity contribution in [2.45, 2.75) is 12.8 Å². The molecule has 150 valence electrons. The number of carbonyl (C=O) groups is 3. The average Bonchev–Trinajstić information content (AvgIpc) is 2.97. The van der Waals surface area contributed by atoms with Crippen molar-refractivity contribution < 1.29 is 19.1 Å².